The number of rotatable bonds is 18. The van der Waals surface area contributed by atoms with Crippen LogP contribution in [0.15, 0.2) is 65.7 Å². The lowest BCUT2D eigenvalue weighted by molar-refractivity contribution is -0.136. The van der Waals surface area contributed by atoms with Crippen LogP contribution in [0.2, 0.25) is 10.3 Å². The number of carbonyl (C=O) groups excluding carboxylic acids is 4. The average molecular weight is 1280 g/mol. The molecule has 1 aliphatic carbocycles. The number of nitrogens with one attached hydrogen (secondary N) is 3. The van der Waals surface area contributed by atoms with E-state index in [0.717, 1.165) is 59.3 Å². The average Bonchev–Trinajstić information content (AvgIpc) is 3.70. The SMILES string of the molecule is C#CC(C)Oc1cc(N2C(=O)C3=C(CCCC3)C2=O)c(F)cc1Cl.CC1COc2ccccc2N1C(=O)C(Cl)Cl.CCNc1nc(Cl)nc(NC(C)C)n1.CCc1cccc(C)c1N(C(=O)CCl)C(C)COC.O=C(O)CNCP(=O)(O)O. The Labute approximate surface area is 508 Å². The highest BCUT2D eigenvalue weighted by molar-refractivity contribution is 7.51. The molecule has 454 valence electrons. The molecule has 3 aromatic carbocycles. The molecule has 4 aromatic rings. The quantitative estimate of drug-likeness (QED) is 0.0234. The zero-order chi connectivity index (χ0) is 62.3. The fraction of sp³-hybridized carbons (Fsp3) is 0.455. The van der Waals surface area contributed by atoms with Crippen LogP contribution in [0.3, 0.4) is 0 Å². The van der Waals surface area contributed by atoms with Gasteiger partial charge in [-0.05, 0) is 121 Å². The Hall–Kier alpha value is -5.83. The molecule has 21 nitrogen and oxygen atoms in total. The second-order valence-electron chi connectivity index (χ2n) is 18.8. The summed E-state index contributed by atoms with van der Waals surface area (Å²) >= 11 is 28.7. The van der Waals surface area contributed by atoms with Crippen molar-refractivity contribution in [3.8, 4) is 23.8 Å². The number of aryl methyl sites for hydroxylation is 2. The number of ether oxygens (including phenoxy) is 3. The zero-order valence-electron chi connectivity index (χ0n) is 47.4. The maximum absolute atomic E-state index is 14.4. The van der Waals surface area contributed by atoms with Crippen molar-refractivity contribution in [1.29, 1.82) is 0 Å². The summed E-state index contributed by atoms with van der Waals surface area (Å²) in [6, 6.07) is 15.9. The molecule has 0 bridgehead atoms. The number of benzene rings is 3. The Bertz CT molecular complexity index is 2980. The van der Waals surface area contributed by atoms with Crippen molar-refractivity contribution in [2.75, 3.05) is 70.9 Å². The lowest BCUT2D eigenvalue weighted by atomic mass is 9.93. The highest BCUT2D eigenvalue weighted by Crippen LogP contribution is 2.40. The number of aromatic nitrogens is 3. The highest BCUT2D eigenvalue weighted by atomic mass is 35.5. The van der Waals surface area contributed by atoms with Crippen molar-refractivity contribution < 1.29 is 62.0 Å². The number of fused-ring (bicyclic) bond motifs is 1. The summed E-state index contributed by atoms with van der Waals surface area (Å²) in [6.45, 7) is 16.8. The Morgan fingerprint density at radius 1 is 0.964 bits per heavy atom. The molecule has 83 heavy (non-hydrogen) atoms. The first kappa shape index (κ1) is 71.4. The van der Waals surface area contributed by atoms with Gasteiger partial charge < -0.3 is 49.5 Å². The van der Waals surface area contributed by atoms with Crippen LogP contribution in [0.5, 0.6) is 11.5 Å². The molecule has 4 amide bonds. The van der Waals surface area contributed by atoms with Gasteiger partial charge in [-0.3, -0.25) is 33.9 Å². The first-order valence-corrected chi connectivity index (χ1v) is 30.0. The number of nitrogens with zero attached hydrogens (tertiary/aromatic N) is 6. The third-order valence-corrected chi connectivity index (χ3v) is 13.5. The summed E-state index contributed by atoms with van der Waals surface area (Å²) < 4.78 is 40.6. The van der Waals surface area contributed by atoms with E-state index in [1.807, 2.05) is 77.9 Å². The van der Waals surface area contributed by atoms with E-state index in [4.69, 9.17) is 93.5 Å². The maximum atomic E-state index is 14.4. The second-order valence-corrected chi connectivity index (χ2v) is 22.5. The number of methoxy groups -OCH3 is 1. The van der Waals surface area contributed by atoms with Gasteiger partial charge in [-0.2, -0.15) is 15.0 Å². The molecule has 0 fully saturated rings. The number of para-hydroxylation sites is 3. The number of alkyl halides is 3. The standard InChI is InChI=1S/C18H15ClFNO3.C15H22ClNO2.C11H11Cl2NO2.C8H14ClN5.C3H8NO5P/c1-3-10(2)24-16-9-15(14(20)8-13(16)19)21-17(22)11-6-4-5-7-12(11)18(21)23;1-5-13-8-6-7-11(2)15(13)17(14(18)9-16)12(3)10-19-4;1-7-6-16-9-5-3-2-4-8(9)14(7)11(15)10(12)13;1-4-10-7-12-6(9)13-8(14-7)11-5(2)3;5-3(6)1-4-2-10(7,8)9/h1,8-10H,4-7H2,2H3;6-8,12H,5,9-10H2,1-4H3;2-5,7,10H,6H2,1H3;5H,4H2,1-3H3,(H2,10,11,12,13,14);4H,1-2H2,(H,5,6)(H2,7,8,9). The minimum atomic E-state index is -4.10. The Balaban J connectivity index is 0.000000280. The number of imide groups is 1. The fourth-order valence-corrected chi connectivity index (χ4v) is 9.34. The number of carboxylic acid groups (broad SMARTS) is 1. The van der Waals surface area contributed by atoms with Crippen LogP contribution in [0, 0.1) is 25.1 Å². The van der Waals surface area contributed by atoms with E-state index in [2.05, 4.69) is 49.8 Å². The van der Waals surface area contributed by atoms with E-state index in [1.54, 1.807) is 23.8 Å². The van der Waals surface area contributed by atoms with Crippen LogP contribution in [0.1, 0.15) is 85.3 Å². The molecule has 0 saturated heterocycles. The summed E-state index contributed by atoms with van der Waals surface area (Å²) in [7, 11) is -2.46. The van der Waals surface area contributed by atoms with Crippen molar-refractivity contribution >= 4 is 124 Å². The molecule has 3 atom stereocenters. The molecule has 3 heterocycles. The third-order valence-electron chi connectivity index (χ3n) is 11.8. The molecule has 7 rings (SSSR count). The number of carbonyl (C=O) groups is 5. The Kier molecular flexibility index (Phi) is 30.0. The number of amides is 4. The minimum Gasteiger partial charge on any atom is -0.489 e. The molecule has 6 N–H and O–H groups in total. The largest absolute Gasteiger partial charge is 0.489 e. The number of hydrogen-bond donors (Lipinski definition) is 6. The molecular weight excluding hydrogens is 1210 g/mol. The van der Waals surface area contributed by atoms with E-state index in [1.165, 1.54) is 6.07 Å². The van der Waals surface area contributed by atoms with Crippen LogP contribution in [-0.2, 0) is 39.7 Å². The van der Waals surface area contributed by atoms with Crippen LogP contribution in [-0.4, -0.2) is 134 Å². The van der Waals surface area contributed by atoms with E-state index >= 15 is 0 Å². The maximum Gasteiger partial charge on any atom is 0.339 e. The molecule has 0 radical (unpaired) electrons. The van der Waals surface area contributed by atoms with Crippen molar-refractivity contribution in [2.24, 2.45) is 0 Å². The van der Waals surface area contributed by atoms with Gasteiger partial charge in [-0.15, -0.1) is 18.0 Å². The van der Waals surface area contributed by atoms with Gasteiger partial charge in [0, 0.05) is 36.9 Å². The smallest absolute Gasteiger partial charge is 0.339 e. The number of aliphatic carboxylic acids is 1. The molecule has 1 aromatic heterocycles. The van der Waals surface area contributed by atoms with Crippen molar-refractivity contribution in [3.63, 3.8) is 0 Å². The predicted molar refractivity (Wildman–Crippen MR) is 323 cm³/mol. The lowest BCUT2D eigenvalue weighted by Crippen LogP contribution is -2.47. The summed E-state index contributed by atoms with van der Waals surface area (Å²) in [6.07, 6.45) is 7.75. The van der Waals surface area contributed by atoms with Gasteiger partial charge in [0.2, 0.25) is 23.1 Å². The molecular formula is C55H70Cl5FN9O12P. The first-order chi connectivity index (χ1) is 39.1. The van der Waals surface area contributed by atoms with Crippen LogP contribution in [0.25, 0.3) is 0 Å². The monoisotopic (exact) mass is 1270 g/mol. The van der Waals surface area contributed by atoms with E-state index < -0.39 is 55.0 Å². The lowest BCUT2D eigenvalue weighted by Gasteiger charge is -2.35. The van der Waals surface area contributed by atoms with Crippen molar-refractivity contribution in [2.45, 2.75) is 117 Å². The van der Waals surface area contributed by atoms with Crippen LogP contribution in [0.4, 0.5) is 33.3 Å². The summed E-state index contributed by atoms with van der Waals surface area (Å²) in [5.41, 5.74) is 4.74. The summed E-state index contributed by atoms with van der Waals surface area (Å²) in [5.74, 6) is 0.914. The first-order valence-electron chi connectivity index (χ1n) is 26.0. The number of halogens is 6. The minimum absolute atomic E-state index is 0.0223. The number of anilines is 5. The number of terminal acetylenes is 1. The van der Waals surface area contributed by atoms with Gasteiger partial charge >= 0.3 is 13.6 Å². The summed E-state index contributed by atoms with van der Waals surface area (Å²) in [5, 5.41) is 16.3. The van der Waals surface area contributed by atoms with E-state index in [0.29, 0.717) is 54.8 Å². The summed E-state index contributed by atoms with van der Waals surface area (Å²) in [4.78, 5) is 90.5. The Morgan fingerprint density at radius 2 is 1.59 bits per heavy atom. The van der Waals surface area contributed by atoms with Crippen LogP contribution < -0.4 is 40.1 Å². The normalized spacial score (nSPS) is 15.0. The van der Waals surface area contributed by atoms with Crippen molar-refractivity contribution in [1.82, 2.24) is 20.3 Å². The number of hydrogen-bond acceptors (Lipinski definition) is 15. The van der Waals surface area contributed by atoms with Crippen LogP contribution >= 0.6 is 65.6 Å². The van der Waals surface area contributed by atoms with E-state index in [9.17, 15) is 32.9 Å². The van der Waals surface area contributed by atoms with Gasteiger partial charge in [0.15, 0.2) is 10.9 Å². The molecule has 3 unspecified atom stereocenters. The second kappa shape index (κ2) is 34.8. The topological polar surface area (TPSA) is 275 Å². The molecule has 28 heteroatoms. The Morgan fingerprint density at radius 3 is 2.13 bits per heavy atom. The van der Waals surface area contributed by atoms with Gasteiger partial charge in [0.05, 0.1) is 53.6 Å². The zero-order valence-corrected chi connectivity index (χ0v) is 52.0. The predicted octanol–water partition coefficient (Wildman–Crippen LogP) is 9.96. The highest BCUT2D eigenvalue weighted by Gasteiger charge is 2.41. The third kappa shape index (κ3) is 21.9. The number of carboxylic acids is 1. The van der Waals surface area contributed by atoms with Gasteiger partial charge in [-0.25, -0.2) is 9.29 Å². The molecule has 3 aliphatic rings. The van der Waals surface area contributed by atoms with E-state index in [-0.39, 0.29) is 57.6 Å². The molecule has 0 saturated carbocycles. The van der Waals surface area contributed by atoms with Crippen molar-refractivity contribution in [3.05, 3.63) is 93.0 Å². The van der Waals surface area contributed by atoms with Gasteiger partial charge in [0.1, 0.15) is 29.8 Å². The molecule has 0 spiro atoms. The van der Waals surface area contributed by atoms with Gasteiger partial charge in [0.25, 0.3) is 17.7 Å². The molecule has 2 aliphatic heterocycles. The fourth-order valence-electron chi connectivity index (χ4n) is 8.24. The van der Waals surface area contributed by atoms with Gasteiger partial charge in [-0.1, -0.05) is 78.0 Å².